The summed E-state index contributed by atoms with van der Waals surface area (Å²) in [7, 11) is 0. The normalized spacial score (nSPS) is 26.7. The standard InChI is InChI=1S/C16H19FO2/c17-13-6-7-16-12(8-13)10-14(19-16)9-11-4-2-1-3-5-15(11)18/h6-8,11,14H,1-5,9-10H2. The van der Waals surface area contributed by atoms with E-state index in [2.05, 4.69) is 0 Å². The highest BCUT2D eigenvalue weighted by Crippen LogP contribution is 2.33. The second-order valence-electron chi connectivity index (χ2n) is 5.69. The van der Waals surface area contributed by atoms with E-state index in [9.17, 15) is 9.18 Å². The van der Waals surface area contributed by atoms with E-state index in [1.807, 2.05) is 0 Å². The number of benzene rings is 1. The van der Waals surface area contributed by atoms with Crippen LogP contribution in [0, 0.1) is 11.7 Å². The van der Waals surface area contributed by atoms with Crippen LogP contribution < -0.4 is 4.74 Å². The zero-order valence-electron chi connectivity index (χ0n) is 11.0. The molecule has 0 saturated heterocycles. The van der Waals surface area contributed by atoms with Crippen LogP contribution in [0.25, 0.3) is 0 Å². The van der Waals surface area contributed by atoms with Gasteiger partial charge < -0.3 is 4.74 Å². The van der Waals surface area contributed by atoms with E-state index in [4.69, 9.17) is 4.74 Å². The summed E-state index contributed by atoms with van der Waals surface area (Å²) in [6, 6.07) is 4.67. The summed E-state index contributed by atoms with van der Waals surface area (Å²) in [4.78, 5) is 12.0. The quantitative estimate of drug-likeness (QED) is 0.760. The van der Waals surface area contributed by atoms with Crippen LogP contribution in [0.3, 0.4) is 0 Å². The molecule has 3 rings (SSSR count). The molecule has 0 bridgehead atoms. The molecule has 2 atom stereocenters. The van der Waals surface area contributed by atoms with Gasteiger partial charge in [0.1, 0.15) is 23.5 Å². The van der Waals surface area contributed by atoms with Crippen molar-refractivity contribution in [3.63, 3.8) is 0 Å². The molecule has 1 aliphatic heterocycles. The van der Waals surface area contributed by atoms with E-state index in [-0.39, 0.29) is 17.8 Å². The zero-order chi connectivity index (χ0) is 13.2. The van der Waals surface area contributed by atoms with Crippen molar-refractivity contribution in [2.75, 3.05) is 0 Å². The molecule has 1 fully saturated rings. The highest BCUT2D eigenvalue weighted by Gasteiger charge is 2.29. The first-order valence-electron chi connectivity index (χ1n) is 7.20. The maximum absolute atomic E-state index is 13.2. The molecule has 1 aromatic rings. The van der Waals surface area contributed by atoms with E-state index >= 15 is 0 Å². The van der Waals surface area contributed by atoms with Gasteiger partial charge in [-0.2, -0.15) is 0 Å². The second kappa shape index (κ2) is 5.32. The highest BCUT2D eigenvalue weighted by atomic mass is 19.1. The van der Waals surface area contributed by atoms with Gasteiger partial charge in [0.05, 0.1) is 0 Å². The summed E-state index contributed by atoms with van der Waals surface area (Å²) < 4.78 is 19.0. The molecule has 2 aliphatic rings. The number of hydrogen-bond acceptors (Lipinski definition) is 2. The predicted octanol–water partition coefficient (Wildman–Crippen LogP) is 3.67. The number of hydrogen-bond donors (Lipinski definition) is 0. The number of halogens is 1. The van der Waals surface area contributed by atoms with Crippen LogP contribution in [0.15, 0.2) is 18.2 Å². The number of ether oxygens (including phenoxy) is 1. The fraction of sp³-hybridized carbons (Fsp3) is 0.562. The van der Waals surface area contributed by atoms with Crippen molar-refractivity contribution >= 4 is 5.78 Å². The van der Waals surface area contributed by atoms with Gasteiger partial charge in [-0.05, 0) is 37.5 Å². The van der Waals surface area contributed by atoms with Gasteiger partial charge >= 0.3 is 0 Å². The number of carbonyl (C=O) groups excluding carboxylic acids is 1. The Balaban J connectivity index is 1.64. The van der Waals surface area contributed by atoms with Crippen molar-refractivity contribution < 1.29 is 13.9 Å². The van der Waals surface area contributed by atoms with Crippen molar-refractivity contribution in [1.29, 1.82) is 0 Å². The fourth-order valence-corrected chi connectivity index (χ4v) is 3.22. The van der Waals surface area contributed by atoms with E-state index in [1.165, 1.54) is 12.5 Å². The van der Waals surface area contributed by atoms with Crippen LogP contribution in [-0.4, -0.2) is 11.9 Å². The van der Waals surface area contributed by atoms with Crippen molar-refractivity contribution in [3.8, 4) is 5.75 Å². The Bertz CT molecular complexity index is 484. The molecule has 1 aromatic carbocycles. The molecule has 0 aromatic heterocycles. The van der Waals surface area contributed by atoms with Crippen LogP contribution in [0.2, 0.25) is 0 Å². The summed E-state index contributed by atoms with van der Waals surface area (Å²) in [6.45, 7) is 0. The molecule has 102 valence electrons. The maximum atomic E-state index is 13.2. The zero-order valence-corrected chi connectivity index (χ0v) is 11.0. The van der Waals surface area contributed by atoms with Gasteiger partial charge in [0.25, 0.3) is 0 Å². The average molecular weight is 262 g/mol. The monoisotopic (exact) mass is 262 g/mol. The van der Waals surface area contributed by atoms with E-state index in [1.54, 1.807) is 12.1 Å². The Morgan fingerprint density at radius 3 is 3.05 bits per heavy atom. The lowest BCUT2D eigenvalue weighted by atomic mass is 9.91. The molecule has 19 heavy (non-hydrogen) atoms. The number of ketones is 1. The van der Waals surface area contributed by atoms with Crippen molar-refractivity contribution in [1.82, 2.24) is 0 Å². The van der Waals surface area contributed by atoms with Gasteiger partial charge in [0.15, 0.2) is 0 Å². The second-order valence-corrected chi connectivity index (χ2v) is 5.69. The van der Waals surface area contributed by atoms with Crippen LogP contribution in [0.5, 0.6) is 5.75 Å². The predicted molar refractivity (Wildman–Crippen MR) is 70.7 cm³/mol. The first-order chi connectivity index (χ1) is 9.22. The third-order valence-electron chi connectivity index (χ3n) is 4.24. The van der Waals surface area contributed by atoms with Gasteiger partial charge in [-0.1, -0.05) is 12.8 Å². The molecule has 2 unspecified atom stereocenters. The third kappa shape index (κ3) is 2.80. The molecule has 1 aliphatic carbocycles. The highest BCUT2D eigenvalue weighted by molar-refractivity contribution is 5.81. The summed E-state index contributed by atoms with van der Waals surface area (Å²) in [5, 5.41) is 0. The molecule has 0 spiro atoms. The largest absolute Gasteiger partial charge is 0.490 e. The molecule has 0 N–H and O–H groups in total. The Labute approximate surface area is 113 Å². The summed E-state index contributed by atoms with van der Waals surface area (Å²) in [5.41, 5.74) is 0.936. The average Bonchev–Trinajstić information content (AvgIpc) is 2.66. The van der Waals surface area contributed by atoms with Crippen LogP contribution in [-0.2, 0) is 11.2 Å². The lowest BCUT2D eigenvalue weighted by Crippen LogP contribution is -2.23. The van der Waals surface area contributed by atoms with Gasteiger partial charge in [-0.15, -0.1) is 0 Å². The minimum Gasteiger partial charge on any atom is -0.490 e. The number of Topliss-reactive ketones (excluding diaryl/α,β-unsaturated/α-hetero) is 1. The van der Waals surface area contributed by atoms with Crippen LogP contribution in [0.4, 0.5) is 4.39 Å². The van der Waals surface area contributed by atoms with E-state index in [0.29, 0.717) is 5.78 Å². The smallest absolute Gasteiger partial charge is 0.136 e. The fourth-order valence-electron chi connectivity index (χ4n) is 3.22. The van der Waals surface area contributed by atoms with Crippen LogP contribution in [0.1, 0.15) is 44.1 Å². The lowest BCUT2D eigenvalue weighted by Gasteiger charge is -2.17. The maximum Gasteiger partial charge on any atom is 0.136 e. The molecule has 1 saturated carbocycles. The first-order valence-corrected chi connectivity index (χ1v) is 7.20. The number of carbonyl (C=O) groups is 1. The van der Waals surface area contributed by atoms with E-state index in [0.717, 1.165) is 49.8 Å². The summed E-state index contributed by atoms with van der Waals surface area (Å²) in [6.07, 6.45) is 6.62. The topological polar surface area (TPSA) is 26.3 Å². The molecule has 1 heterocycles. The minimum atomic E-state index is -0.214. The molecule has 0 radical (unpaired) electrons. The Kier molecular flexibility index (Phi) is 3.54. The van der Waals surface area contributed by atoms with Gasteiger partial charge in [0.2, 0.25) is 0 Å². The van der Waals surface area contributed by atoms with Crippen LogP contribution >= 0.6 is 0 Å². The molecule has 2 nitrogen and oxygen atoms in total. The number of rotatable bonds is 2. The van der Waals surface area contributed by atoms with Gasteiger partial charge in [-0.25, -0.2) is 4.39 Å². The van der Waals surface area contributed by atoms with Crippen molar-refractivity contribution in [3.05, 3.63) is 29.6 Å². The van der Waals surface area contributed by atoms with Crippen molar-refractivity contribution in [2.45, 2.75) is 51.0 Å². The Morgan fingerprint density at radius 1 is 1.26 bits per heavy atom. The van der Waals surface area contributed by atoms with Crippen molar-refractivity contribution in [2.24, 2.45) is 5.92 Å². The first kappa shape index (κ1) is 12.6. The molecule has 3 heteroatoms. The lowest BCUT2D eigenvalue weighted by molar-refractivity contribution is -0.123. The molecule has 0 amide bonds. The minimum absolute atomic E-state index is 0.0452. The summed E-state index contributed by atoms with van der Waals surface area (Å²) in [5.74, 6) is 1.11. The SMILES string of the molecule is O=C1CCCCCC1CC1Cc2cc(F)ccc2O1. The van der Waals surface area contributed by atoms with Gasteiger partial charge in [-0.3, -0.25) is 4.79 Å². The van der Waals surface area contributed by atoms with E-state index < -0.39 is 0 Å². The molecular weight excluding hydrogens is 243 g/mol. The molecular formula is C16H19FO2. The Hall–Kier alpha value is -1.38. The Morgan fingerprint density at radius 2 is 2.16 bits per heavy atom. The summed E-state index contributed by atoms with van der Waals surface area (Å²) >= 11 is 0. The third-order valence-corrected chi connectivity index (χ3v) is 4.24. The number of fused-ring (bicyclic) bond motifs is 1. The van der Waals surface area contributed by atoms with Gasteiger partial charge in [0, 0.05) is 24.3 Å².